The molecule has 0 unspecified atom stereocenters. The van der Waals surface area contributed by atoms with Crippen LogP contribution in [0.4, 0.5) is 21.5 Å². The van der Waals surface area contributed by atoms with E-state index in [4.69, 9.17) is 9.47 Å². The minimum absolute atomic E-state index is 0.0667. The van der Waals surface area contributed by atoms with Crippen LogP contribution in [0.15, 0.2) is 71.6 Å². The Morgan fingerprint density at radius 1 is 0.919 bits per heavy atom. The molecule has 0 aliphatic carbocycles. The maximum absolute atomic E-state index is 13.6. The second-order valence-corrected chi connectivity index (χ2v) is 12.0. The molecule has 4 rings (SSSR count). The Balaban J connectivity index is 1.63. The number of halogens is 1. The van der Waals surface area contributed by atoms with E-state index in [0.717, 1.165) is 27.0 Å². The van der Waals surface area contributed by atoms with Gasteiger partial charge in [-0.1, -0.05) is 6.07 Å². The largest absolute Gasteiger partial charge is 0.486 e. The first-order valence-corrected chi connectivity index (χ1v) is 14.3. The number of hydrogen-bond acceptors (Lipinski definition) is 7. The summed E-state index contributed by atoms with van der Waals surface area (Å²) in [6.07, 6.45) is 1.04. The number of sulfonamides is 2. The van der Waals surface area contributed by atoms with Gasteiger partial charge in [-0.05, 0) is 54.6 Å². The van der Waals surface area contributed by atoms with E-state index < -0.39 is 38.3 Å². The molecular weight excluding hydrogens is 525 g/mol. The summed E-state index contributed by atoms with van der Waals surface area (Å²) < 4.78 is 77.3. The highest BCUT2D eigenvalue weighted by atomic mass is 32.2. The first kappa shape index (κ1) is 26.2. The van der Waals surface area contributed by atoms with Crippen molar-refractivity contribution < 1.29 is 35.5 Å². The summed E-state index contributed by atoms with van der Waals surface area (Å²) in [7, 11) is -6.47. The van der Waals surface area contributed by atoms with Crippen LogP contribution >= 0.6 is 0 Å². The predicted molar refractivity (Wildman–Crippen MR) is 137 cm³/mol. The minimum atomic E-state index is -4.30. The second kappa shape index (κ2) is 10.3. The van der Waals surface area contributed by atoms with Gasteiger partial charge in [0.1, 0.15) is 25.6 Å². The fraction of sp³-hybridized carbons (Fsp3) is 0.208. The third kappa shape index (κ3) is 5.94. The quantitative estimate of drug-likeness (QED) is 0.459. The summed E-state index contributed by atoms with van der Waals surface area (Å²) in [5.41, 5.74) is 0.630. The minimum Gasteiger partial charge on any atom is -0.486 e. The summed E-state index contributed by atoms with van der Waals surface area (Å²) in [6, 6.07) is 14.9. The molecule has 0 fully saturated rings. The topological polar surface area (TPSA) is 122 Å². The monoisotopic (exact) mass is 549 g/mol. The number of nitrogens with zero attached hydrogens (tertiary/aromatic N) is 2. The number of carbonyl (C=O) groups excluding carboxylic acids is 1. The van der Waals surface area contributed by atoms with Gasteiger partial charge in [0.05, 0.1) is 22.5 Å². The van der Waals surface area contributed by atoms with Crippen molar-refractivity contribution >= 4 is 43.0 Å². The number of fused-ring (bicyclic) bond motifs is 1. The molecule has 0 aromatic heterocycles. The molecule has 0 radical (unpaired) electrons. The van der Waals surface area contributed by atoms with Crippen molar-refractivity contribution in [1.29, 1.82) is 0 Å². The van der Waals surface area contributed by atoms with Gasteiger partial charge in [0, 0.05) is 18.8 Å². The van der Waals surface area contributed by atoms with Gasteiger partial charge in [0.25, 0.3) is 10.0 Å². The average Bonchev–Trinajstić information content (AvgIpc) is 2.86. The molecule has 1 heterocycles. The number of hydrogen-bond donors (Lipinski definition) is 1. The molecule has 0 saturated heterocycles. The van der Waals surface area contributed by atoms with Crippen LogP contribution in [-0.4, -0.2) is 55.8 Å². The Bertz CT molecular complexity index is 1530. The molecule has 0 spiro atoms. The number of benzene rings is 3. The van der Waals surface area contributed by atoms with Crippen LogP contribution in [0.5, 0.6) is 11.5 Å². The van der Waals surface area contributed by atoms with Crippen LogP contribution in [0, 0.1) is 5.82 Å². The lowest BCUT2D eigenvalue weighted by Crippen LogP contribution is -2.38. The number of anilines is 3. The maximum Gasteiger partial charge on any atom is 0.264 e. The molecule has 37 heavy (non-hydrogen) atoms. The van der Waals surface area contributed by atoms with E-state index in [1.807, 2.05) is 0 Å². The SMILES string of the molecule is CN(c1cccc(NC(=O)CN(c2ccc(F)cc2)S(=O)(=O)c2ccc3c(c2)OCCO3)c1)S(C)(=O)=O. The molecule has 1 amide bonds. The van der Waals surface area contributed by atoms with E-state index >= 15 is 0 Å². The highest BCUT2D eigenvalue weighted by molar-refractivity contribution is 7.93. The molecule has 1 aliphatic heterocycles. The van der Waals surface area contributed by atoms with Gasteiger partial charge in [-0.25, -0.2) is 21.2 Å². The Morgan fingerprint density at radius 2 is 1.59 bits per heavy atom. The zero-order valence-electron chi connectivity index (χ0n) is 19.9. The fourth-order valence-electron chi connectivity index (χ4n) is 3.54. The van der Waals surface area contributed by atoms with Crippen molar-refractivity contribution in [3.63, 3.8) is 0 Å². The first-order chi connectivity index (χ1) is 17.4. The van der Waals surface area contributed by atoms with Crippen LogP contribution in [0.25, 0.3) is 0 Å². The van der Waals surface area contributed by atoms with E-state index in [-0.39, 0.29) is 28.6 Å². The highest BCUT2D eigenvalue weighted by Crippen LogP contribution is 2.34. The van der Waals surface area contributed by atoms with Gasteiger partial charge in [-0.2, -0.15) is 0 Å². The molecule has 13 heteroatoms. The third-order valence-electron chi connectivity index (χ3n) is 5.49. The summed E-state index contributed by atoms with van der Waals surface area (Å²) in [4.78, 5) is 12.8. The zero-order chi connectivity index (χ0) is 26.8. The third-order valence-corrected chi connectivity index (χ3v) is 8.47. The summed E-state index contributed by atoms with van der Waals surface area (Å²) >= 11 is 0. The smallest absolute Gasteiger partial charge is 0.264 e. The van der Waals surface area contributed by atoms with Crippen LogP contribution in [-0.2, 0) is 24.8 Å². The van der Waals surface area contributed by atoms with Gasteiger partial charge in [0.15, 0.2) is 11.5 Å². The highest BCUT2D eigenvalue weighted by Gasteiger charge is 2.29. The summed E-state index contributed by atoms with van der Waals surface area (Å²) in [6.45, 7) is -0.0507. The standard InChI is InChI=1S/C24H24FN3O7S2/c1-27(36(2,30)31)20-5-3-4-18(14-20)26-24(29)16-28(19-8-6-17(25)7-9-19)37(32,33)21-10-11-22-23(15-21)35-13-12-34-22/h3-11,14-15H,12-13,16H2,1-2H3,(H,26,29). The van der Waals surface area contributed by atoms with Gasteiger partial charge in [0.2, 0.25) is 15.9 Å². The molecule has 10 nitrogen and oxygen atoms in total. The second-order valence-electron chi connectivity index (χ2n) is 8.12. The normalized spacial score (nSPS) is 13.1. The van der Waals surface area contributed by atoms with Crippen molar-refractivity contribution in [3.8, 4) is 11.5 Å². The molecule has 1 N–H and O–H groups in total. The van der Waals surface area contributed by atoms with Crippen molar-refractivity contribution in [2.75, 3.05) is 47.0 Å². The lowest BCUT2D eigenvalue weighted by molar-refractivity contribution is -0.114. The Labute approximate surface area is 214 Å². The van der Waals surface area contributed by atoms with Gasteiger partial charge < -0.3 is 14.8 Å². The molecule has 1 aliphatic rings. The molecule has 0 saturated carbocycles. The van der Waals surface area contributed by atoms with Crippen LogP contribution < -0.4 is 23.4 Å². The lowest BCUT2D eigenvalue weighted by Gasteiger charge is -2.25. The van der Waals surface area contributed by atoms with Crippen molar-refractivity contribution in [1.82, 2.24) is 0 Å². The van der Waals surface area contributed by atoms with Crippen molar-refractivity contribution in [2.45, 2.75) is 4.90 Å². The number of nitrogens with one attached hydrogen (secondary N) is 1. The van der Waals surface area contributed by atoms with E-state index in [9.17, 15) is 26.0 Å². The Hall–Kier alpha value is -3.84. The van der Waals surface area contributed by atoms with E-state index in [2.05, 4.69) is 5.32 Å². The molecule has 3 aromatic rings. The van der Waals surface area contributed by atoms with E-state index in [0.29, 0.717) is 18.0 Å². The Morgan fingerprint density at radius 3 is 2.27 bits per heavy atom. The lowest BCUT2D eigenvalue weighted by atomic mass is 10.2. The van der Waals surface area contributed by atoms with Gasteiger partial charge >= 0.3 is 0 Å². The van der Waals surface area contributed by atoms with E-state index in [1.54, 1.807) is 12.1 Å². The molecule has 0 atom stereocenters. The molecule has 196 valence electrons. The van der Waals surface area contributed by atoms with Crippen molar-refractivity contribution in [3.05, 3.63) is 72.5 Å². The van der Waals surface area contributed by atoms with E-state index in [1.165, 1.54) is 49.5 Å². The molecule has 0 bridgehead atoms. The summed E-state index contributed by atoms with van der Waals surface area (Å²) in [5.74, 6) is -0.626. The predicted octanol–water partition coefficient (Wildman–Crippen LogP) is 2.83. The van der Waals surface area contributed by atoms with Crippen LogP contribution in [0.2, 0.25) is 0 Å². The van der Waals surface area contributed by atoms with Crippen LogP contribution in [0.1, 0.15) is 0 Å². The average molecular weight is 550 g/mol. The molecular formula is C24H24FN3O7S2. The van der Waals surface area contributed by atoms with Gasteiger partial charge in [-0.3, -0.25) is 13.4 Å². The number of ether oxygens (including phenoxy) is 2. The number of rotatable bonds is 8. The Kier molecular flexibility index (Phi) is 7.28. The fourth-order valence-corrected chi connectivity index (χ4v) is 5.47. The van der Waals surface area contributed by atoms with Crippen molar-refractivity contribution in [2.24, 2.45) is 0 Å². The number of amides is 1. The molecule has 3 aromatic carbocycles. The maximum atomic E-state index is 13.6. The first-order valence-electron chi connectivity index (χ1n) is 11.0. The van der Waals surface area contributed by atoms with Crippen LogP contribution in [0.3, 0.4) is 0 Å². The summed E-state index contributed by atoms with van der Waals surface area (Å²) in [5, 5.41) is 2.59. The zero-order valence-corrected chi connectivity index (χ0v) is 21.6. The van der Waals surface area contributed by atoms with Gasteiger partial charge in [-0.15, -0.1) is 0 Å². The number of carbonyl (C=O) groups is 1.